The minimum absolute atomic E-state index is 0.0796. The number of hydrogen-bond acceptors (Lipinski definition) is 10. The van der Waals surface area contributed by atoms with Crippen molar-refractivity contribution in [3.05, 3.63) is 105 Å². The summed E-state index contributed by atoms with van der Waals surface area (Å²) in [6.45, 7) is 5.46. The van der Waals surface area contributed by atoms with Gasteiger partial charge in [0.25, 0.3) is 0 Å². The smallest absolute Gasteiger partial charge is 0.162 e. The number of rotatable bonds is 10. The van der Waals surface area contributed by atoms with Crippen molar-refractivity contribution in [2.75, 3.05) is 36.8 Å². The van der Waals surface area contributed by atoms with E-state index in [0.29, 0.717) is 30.2 Å². The number of nitrogens with one attached hydrogen (secondary N) is 2. The monoisotopic (exact) mass is 799 g/mol. The maximum atomic E-state index is 14.1. The van der Waals surface area contributed by atoms with Crippen molar-refractivity contribution in [2.45, 2.75) is 90.2 Å². The van der Waals surface area contributed by atoms with Crippen LogP contribution in [0.1, 0.15) is 101 Å². The molecule has 8 rings (SSSR count). The average molecular weight is 800 g/mol. The molecule has 2 aliphatic heterocycles. The molecule has 55 heavy (non-hydrogen) atoms. The summed E-state index contributed by atoms with van der Waals surface area (Å²) in [4.78, 5) is 22.1. The molecule has 0 radical (unpaired) electrons. The van der Waals surface area contributed by atoms with Gasteiger partial charge in [-0.1, -0.05) is 39.8 Å². The van der Waals surface area contributed by atoms with E-state index in [4.69, 9.17) is 17.9 Å². The van der Waals surface area contributed by atoms with E-state index in [2.05, 4.69) is 19.9 Å². The third kappa shape index (κ3) is 10.2. The number of aromatic nitrogens is 4. The second-order valence-electron chi connectivity index (χ2n) is 13.5. The van der Waals surface area contributed by atoms with Gasteiger partial charge in [-0.2, -0.15) is 0 Å². The average Bonchev–Trinajstić information content (AvgIpc) is 3.82. The van der Waals surface area contributed by atoms with Crippen LogP contribution in [0.25, 0.3) is 20.4 Å². The van der Waals surface area contributed by atoms with Gasteiger partial charge in [0.05, 0.1) is 20.4 Å². The molecule has 0 saturated carbocycles. The van der Waals surface area contributed by atoms with Gasteiger partial charge >= 0.3 is 0 Å². The van der Waals surface area contributed by atoms with Crippen LogP contribution in [-0.2, 0) is 13.0 Å². The van der Waals surface area contributed by atoms with E-state index in [1.165, 1.54) is 35.3 Å². The molecule has 0 bridgehead atoms. The lowest BCUT2D eigenvalue weighted by Gasteiger charge is -2.32. The van der Waals surface area contributed by atoms with Crippen LogP contribution in [0.2, 0.25) is 2.82 Å². The van der Waals surface area contributed by atoms with E-state index in [1.807, 2.05) is 0 Å². The fraction of sp³-hybridized carbons (Fsp3) is 0.429. The summed E-state index contributed by atoms with van der Waals surface area (Å²) in [6, 6.07) is -0.0282. The topological polar surface area (TPSA) is 82.1 Å². The van der Waals surface area contributed by atoms with Gasteiger partial charge in [0.1, 0.15) is 51.4 Å². The van der Waals surface area contributed by atoms with E-state index in [1.54, 1.807) is 37.5 Å². The van der Waals surface area contributed by atoms with Crippen LogP contribution in [0.5, 0.6) is 0 Å². The Morgan fingerprint density at radius 2 is 1.20 bits per heavy atom. The summed E-state index contributed by atoms with van der Waals surface area (Å²) in [5.41, 5.74) is 0.0757. The third-order valence-corrected chi connectivity index (χ3v) is 11.3. The van der Waals surface area contributed by atoms with Crippen molar-refractivity contribution in [1.82, 2.24) is 29.7 Å². The van der Waals surface area contributed by atoms with Gasteiger partial charge in [-0.3, -0.25) is 9.80 Å². The number of hydrogen-bond donors (Lipinski definition) is 2. The largest absolute Gasteiger partial charge is 0.367 e. The zero-order valence-electron chi connectivity index (χ0n) is 43.8. The van der Waals surface area contributed by atoms with Crippen LogP contribution in [0.4, 0.5) is 24.8 Å². The zero-order valence-corrected chi connectivity index (χ0v) is 32.4. The molecule has 6 aromatic rings. The van der Waals surface area contributed by atoms with E-state index in [-0.39, 0.29) is 92.8 Å². The lowest BCUT2D eigenvalue weighted by Crippen LogP contribution is -2.38. The highest BCUT2D eigenvalue weighted by Crippen LogP contribution is 2.34. The Balaban J connectivity index is 0.000000202. The highest BCUT2D eigenvalue weighted by Gasteiger charge is 2.23. The zero-order chi connectivity index (χ0) is 50.0. The molecule has 2 fully saturated rings. The maximum Gasteiger partial charge on any atom is 0.162 e. The summed E-state index contributed by atoms with van der Waals surface area (Å²) in [6.07, 6.45) is 3.24. The standard InChI is InChI=1S/C21H24F2N4S.C21H25FN4S/c1-13(2)19-10-18-20(24-12-25-21(18)28-19)26-17-3-5-27(6-4-17)11-14-7-15(22)9-16(23)8-14;1-14(2)19-11-18-20(23-13-24-21(18)27-19)25-17-6-8-26(9-7-17)12-15-4-3-5-16(22)10-15/h7-10,12-13,17H,3-6,11H2,1-2H3,(H,24,25,26);3-5,10-11,13-14,17H,6-9,12H2,1-2H3,(H,23,24,25)/i10D,11D,13D,17D;4D,5D,10D,11D,12D,14D,17D/hD2. The van der Waals surface area contributed by atoms with Crippen LogP contribution >= 0.6 is 22.7 Å². The van der Waals surface area contributed by atoms with Crippen LogP contribution in [0.3, 0.4) is 0 Å². The molecule has 2 aromatic carbocycles. The van der Waals surface area contributed by atoms with Gasteiger partial charge in [-0.15, -0.1) is 22.7 Å². The van der Waals surface area contributed by atoms with Gasteiger partial charge in [-0.25, -0.2) is 33.1 Å². The van der Waals surface area contributed by atoms with Gasteiger partial charge in [0.15, 0.2) is 2.82 Å². The number of halogens is 3. The van der Waals surface area contributed by atoms with Crippen LogP contribution in [0.15, 0.2) is 67.1 Å². The molecular weight excluding hydrogens is 738 g/mol. The molecular formula is C42H49F3N8S2. The molecule has 0 amide bonds. The summed E-state index contributed by atoms with van der Waals surface area (Å²) < 4.78 is 151. The Morgan fingerprint density at radius 1 is 0.727 bits per heavy atom. The summed E-state index contributed by atoms with van der Waals surface area (Å²) in [5.74, 6) is -4.31. The maximum absolute atomic E-state index is 14.1. The van der Waals surface area contributed by atoms with Crippen molar-refractivity contribution in [2.24, 2.45) is 0 Å². The van der Waals surface area contributed by atoms with E-state index in [0.717, 1.165) is 34.9 Å². The van der Waals surface area contributed by atoms with E-state index in [9.17, 15) is 13.2 Å². The van der Waals surface area contributed by atoms with Crippen LogP contribution < -0.4 is 10.6 Å². The number of benzene rings is 2. The molecule has 2 aliphatic rings. The molecule has 2 atom stereocenters. The number of likely N-dealkylation sites (tertiary alicyclic amines) is 2. The summed E-state index contributed by atoms with van der Waals surface area (Å²) in [7, 11) is 0. The lowest BCUT2D eigenvalue weighted by molar-refractivity contribution is 0.211. The fourth-order valence-corrected chi connectivity index (χ4v) is 7.81. The third-order valence-electron chi connectivity index (χ3n) is 8.85. The fourth-order valence-electron chi connectivity index (χ4n) is 6.02. The molecule has 0 spiro atoms. The highest BCUT2D eigenvalue weighted by atomic mass is 32.1. The Bertz CT molecular complexity index is 2810. The number of thiophene rings is 2. The molecule has 13 heteroatoms. The quantitative estimate of drug-likeness (QED) is 0.142. The molecule has 290 valence electrons. The first-order valence-corrected chi connectivity index (χ1v) is 19.4. The molecule has 2 saturated heterocycles. The predicted octanol–water partition coefficient (Wildman–Crippen LogP) is 10.2. The minimum atomic E-state index is -1.42. The van der Waals surface area contributed by atoms with Gasteiger partial charge in [0.2, 0.25) is 0 Å². The second kappa shape index (κ2) is 17.7. The lowest BCUT2D eigenvalue weighted by atomic mass is 10.0. The Morgan fingerprint density at radius 3 is 1.67 bits per heavy atom. The number of piperidine rings is 2. The van der Waals surface area contributed by atoms with Crippen molar-refractivity contribution >= 4 is 54.7 Å². The molecule has 2 unspecified atom stereocenters. The second-order valence-corrected chi connectivity index (χ2v) is 15.5. The normalized spacial score (nSPS) is 22.3. The number of anilines is 2. The first-order valence-electron chi connectivity index (χ1n) is 24.3. The SMILES string of the molecule is [2H]c1c(C([2H])(C)C)sc2ncnc(N([2H])C3([2H])CCN(C([2H])c4cc(F)cc(F)c4)CC3)c12.[2H]c1cc([2H])c(C([2H])N2CCC([2H])(N([2H])c3ncnc4sc(C([2H])(C)C)c([2H])c34)CC2)c([2H])c1F. The number of fused-ring (bicyclic) bond motifs is 2. The minimum Gasteiger partial charge on any atom is -0.367 e. The van der Waals surface area contributed by atoms with E-state index < -0.39 is 66.4 Å². The number of nitrogens with zero attached hydrogens (tertiary/aromatic N) is 6. The highest BCUT2D eigenvalue weighted by molar-refractivity contribution is 7.19. The van der Waals surface area contributed by atoms with Crippen LogP contribution in [-0.4, -0.2) is 68.0 Å². The Hall–Kier alpha value is -4.17. The molecule has 0 aliphatic carbocycles. The van der Waals surface area contributed by atoms with Crippen molar-refractivity contribution < 1.29 is 31.1 Å². The van der Waals surface area contributed by atoms with Gasteiger partial charge in [0, 0.05) is 72.6 Å². The summed E-state index contributed by atoms with van der Waals surface area (Å²) >= 11 is 2.43. The van der Waals surface area contributed by atoms with E-state index >= 15 is 0 Å². The van der Waals surface area contributed by atoms with Crippen molar-refractivity contribution in [3.63, 3.8) is 0 Å². The Kier molecular flexibility index (Phi) is 8.35. The summed E-state index contributed by atoms with van der Waals surface area (Å²) in [5, 5.41) is 2.66. The molecule has 4 aromatic heterocycles. The first-order chi connectivity index (χ1) is 31.7. The molecule has 6 heterocycles. The molecule has 8 nitrogen and oxygen atoms in total. The van der Waals surface area contributed by atoms with Gasteiger partial charge in [-0.05, 0) is 84.9 Å². The van der Waals surface area contributed by atoms with Crippen LogP contribution in [0, 0.1) is 17.5 Å². The Labute approximate surface area is 347 Å². The van der Waals surface area contributed by atoms with Gasteiger partial charge < -0.3 is 10.6 Å². The van der Waals surface area contributed by atoms with Crippen molar-refractivity contribution in [1.29, 1.82) is 0 Å². The first kappa shape index (κ1) is 25.9. The van der Waals surface area contributed by atoms with Crippen molar-refractivity contribution in [3.8, 4) is 0 Å². The predicted molar refractivity (Wildman–Crippen MR) is 220 cm³/mol. The molecule has 2 N–H and O–H groups in total.